The summed E-state index contributed by atoms with van der Waals surface area (Å²) in [4.78, 5) is 17.0. The maximum absolute atomic E-state index is 12.5. The van der Waals surface area contributed by atoms with Gasteiger partial charge in [-0.05, 0) is 37.1 Å². The number of H-pyrrole nitrogens is 1. The Balaban J connectivity index is 1.35. The van der Waals surface area contributed by atoms with E-state index >= 15 is 0 Å². The Morgan fingerprint density at radius 2 is 1.90 bits per heavy atom. The number of para-hydroxylation sites is 1. The van der Waals surface area contributed by atoms with Gasteiger partial charge < -0.3 is 9.88 Å². The van der Waals surface area contributed by atoms with Crippen LogP contribution in [0.5, 0.6) is 0 Å². The van der Waals surface area contributed by atoms with Crippen LogP contribution in [0, 0.1) is 0 Å². The molecule has 2 N–H and O–H groups in total. The average Bonchev–Trinajstić information content (AvgIpc) is 3.49. The molecule has 1 saturated heterocycles. The highest BCUT2D eigenvalue weighted by atomic mass is 32.2. The summed E-state index contributed by atoms with van der Waals surface area (Å²) in [7, 11) is -3.70. The van der Waals surface area contributed by atoms with Crippen molar-refractivity contribution >= 4 is 15.9 Å². The minimum absolute atomic E-state index is 0.0647. The second-order valence-corrected chi connectivity index (χ2v) is 8.75. The predicted molar refractivity (Wildman–Crippen MR) is 108 cm³/mol. The molecule has 0 aliphatic carbocycles. The molecule has 1 fully saturated rings. The van der Waals surface area contributed by atoms with Gasteiger partial charge in [0.1, 0.15) is 10.6 Å². The first-order valence-electron chi connectivity index (χ1n) is 9.60. The van der Waals surface area contributed by atoms with Crippen molar-refractivity contribution in [2.24, 2.45) is 0 Å². The number of likely N-dealkylation sites (tertiary alicyclic amines) is 1. The molecule has 1 amide bonds. The molecule has 9 heteroatoms. The van der Waals surface area contributed by atoms with E-state index in [0.717, 1.165) is 24.2 Å². The Morgan fingerprint density at radius 3 is 2.66 bits per heavy atom. The Labute approximate surface area is 169 Å². The number of hydrogen-bond acceptors (Lipinski definition) is 4. The smallest absolute Gasteiger partial charge is 0.270 e. The fourth-order valence-electron chi connectivity index (χ4n) is 3.36. The van der Waals surface area contributed by atoms with E-state index in [-0.39, 0.29) is 17.3 Å². The van der Waals surface area contributed by atoms with Gasteiger partial charge in [-0.15, -0.1) is 0 Å². The zero-order valence-corrected chi connectivity index (χ0v) is 16.7. The van der Waals surface area contributed by atoms with Crippen molar-refractivity contribution in [3.05, 3.63) is 66.2 Å². The Morgan fingerprint density at radius 1 is 1.14 bits per heavy atom. The fraction of sp³-hybridized carbons (Fsp3) is 0.300. The summed E-state index contributed by atoms with van der Waals surface area (Å²) in [5.41, 5.74) is 2.03. The summed E-state index contributed by atoms with van der Waals surface area (Å²) < 4.78 is 29.4. The third kappa shape index (κ3) is 4.41. The predicted octanol–water partition coefficient (Wildman–Crippen LogP) is 1.96. The number of aromatic amines is 1. The molecule has 0 bridgehead atoms. The molecule has 0 unspecified atom stereocenters. The molecule has 152 valence electrons. The summed E-state index contributed by atoms with van der Waals surface area (Å²) >= 11 is 0. The molecular weight excluding hydrogens is 390 g/mol. The van der Waals surface area contributed by atoms with Crippen LogP contribution in [-0.2, 0) is 16.4 Å². The number of hydrogen-bond donors (Lipinski definition) is 2. The van der Waals surface area contributed by atoms with Crippen LogP contribution < -0.4 is 4.72 Å². The summed E-state index contributed by atoms with van der Waals surface area (Å²) in [5.74, 6) is -0.157. The van der Waals surface area contributed by atoms with E-state index in [2.05, 4.69) is 14.8 Å². The topological polar surface area (TPSA) is 100 Å². The molecule has 0 spiro atoms. The van der Waals surface area contributed by atoms with E-state index in [0.29, 0.717) is 25.2 Å². The Kier molecular flexibility index (Phi) is 5.50. The number of carbonyl (C=O) groups is 1. The van der Waals surface area contributed by atoms with E-state index in [1.165, 1.54) is 12.3 Å². The van der Waals surface area contributed by atoms with Gasteiger partial charge in [-0.2, -0.15) is 5.10 Å². The average molecular weight is 414 g/mol. The quantitative estimate of drug-likeness (QED) is 0.618. The molecule has 0 radical (unpaired) electrons. The minimum atomic E-state index is -3.70. The number of benzene rings is 1. The van der Waals surface area contributed by atoms with Gasteiger partial charge in [0, 0.05) is 38.4 Å². The van der Waals surface area contributed by atoms with Gasteiger partial charge in [-0.1, -0.05) is 18.2 Å². The van der Waals surface area contributed by atoms with Crippen LogP contribution in [0.3, 0.4) is 0 Å². The molecule has 1 aliphatic heterocycles. The highest BCUT2D eigenvalue weighted by Gasteiger charge is 2.23. The Hall–Kier alpha value is -2.91. The molecule has 2 aromatic heterocycles. The summed E-state index contributed by atoms with van der Waals surface area (Å²) in [6.07, 6.45) is 5.64. The lowest BCUT2D eigenvalue weighted by Crippen LogP contribution is -2.28. The van der Waals surface area contributed by atoms with Crippen LogP contribution in [0.15, 0.2) is 59.8 Å². The van der Waals surface area contributed by atoms with Gasteiger partial charge in [0.15, 0.2) is 0 Å². The first-order chi connectivity index (χ1) is 14.0. The standard InChI is InChI=1S/C20H23N5O3S/c26-20(24-11-4-5-12-24)19-14-18(15-21-19)29(27,28)22-10-8-16-9-13-25(23-16)17-6-2-1-3-7-17/h1-3,6-7,9,13-15,21-22H,4-5,8,10-12H2. The van der Waals surface area contributed by atoms with Crippen LogP contribution in [0.2, 0.25) is 0 Å². The third-order valence-corrected chi connectivity index (χ3v) is 6.37. The van der Waals surface area contributed by atoms with Gasteiger partial charge in [-0.3, -0.25) is 4.79 Å². The second-order valence-electron chi connectivity index (χ2n) is 6.98. The van der Waals surface area contributed by atoms with Crippen LogP contribution >= 0.6 is 0 Å². The van der Waals surface area contributed by atoms with Crippen molar-refractivity contribution in [2.75, 3.05) is 19.6 Å². The number of rotatable bonds is 7. The summed E-state index contributed by atoms with van der Waals surface area (Å²) in [6.45, 7) is 1.65. The molecule has 3 heterocycles. The van der Waals surface area contributed by atoms with E-state index in [9.17, 15) is 13.2 Å². The van der Waals surface area contributed by atoms with Crippen molar-refractivity contribution in [1.29, 1.82) is 0 Å². The van der Waals surface area contributed by atoms with Gasteiger partial charge in [0.05, 0.1) is 11.4 Å². The maximum atomic E-state index is 12.5. The van der Waals surface area contributed by atoms with E-state index in [1.54, 1.807) is 9.58 Å². The van der Waals surface area contributed by atoms with Crippen LogP contribution in [0.1, 0.15) is 29.0 Å². The summed E-state index contributed by atoms with van der Waals surface area (Å²) in [5, 5.41) is 4.47. The van der Waals surface area contributed by atoms with Gasteiger partial charge in [0.25, 0.3) is 5.91 Å². The minimum Gasteiger partial charge on any atom is -0.356 e. The van der Waals surface area contributed by atoms with Gasteiger partial charge in [0.2, 0.25) is 10.0 Å². The largest absolute Gasteiger partial charge is 0.356 e. The molecule has 3 aromatic rings. The van der Waals surface area contributed by atoms with E-state index < -0.39 is 10.0 Å². The number of amides is 1. The van der Waals surface area contributed by atoms with Crippen molar-refractivity contribution < 1.29 is 13.2 Å². The molecule has 0 saturated carbocycles. The van der Waals surface area contributed by atoms with Crippen LogP contribution in [0.25, 0.3) is 5.69 Å². The van der Waals surface area contributed by atoms with Crippen molar-refractivity contribution in [2.45, 2.75) is 24.2 Å². The number of nitrogens with zero attached hydrogens (tertiary/aromatic N) is 3. The molecule has 4 rings (SSSR count). The fourth-order valence-corrected chi connectivity index (χ4v) is 4.38. The van der Waals surface area contributed by atoms with Gasteiger partial charge in [-0.25, -0.2) is 17.8 Å². The van der Waals surface area contributed by atoms with Crippen molar-refractivity contribution in [3.8, 4) is 5.69 Å². The van der Waals surface area contributed by atoms with Crippen molar-refractivity contribution in [1.82, 2.24) is 24.4 Å². The van der Waals surface area contributed by atoms with Crippen LogP contribution in [0.4, 0.5) is 0 Å². The van der Waals surface area contributed by atoms with Gasteiger partial charge >= 0.3 is 0 Å². The zero-order valence-electron chi connectivity index (χ0n) is 15.9. The zero-order chi connectivity index (χ0) is 20.3. The molecule has 8 nitrogen and oxygen atoms in total. The molecule has 1 aliphatic rings. The number of aromatic nitrogens is 3. The summed E-state index contributed by atoms with van der Waals surface area (Å²) in [6, 6.07) is 13.0. The lowest BCUT2D eigenvalue weighted by molar-refractivity contribution is 0.0787. The first-order valence-corrected chi connectivity index (χ1v) is 11.1. The highest BCUT2D eigenvalue weighted by Crippen LogP contribution is 2.16. The molecule has 29 heavy (non-hydrogen) atoms. The number of sulfonamides is 1. The van der Waals surface area contributed by atoms with E-state index in [1.807, 2.05) is 42.6 Å². The first kappa shape index (κ1) is 19.4. The van der Waals surface area contributed by atoms with E-state index in [4.69, 9.17) is 0 Å². The molecule has 0 atom stereocenters. The molecular formula is C20H23N5O3S. The maximum Gasteiger partial charge on any atom is 0.270 e. The highest BCUT2D eigenvalue weighted by molar-refractivity contribution is 7.89. The molecule has 1 aromatic carbocycles. The number of carbonyl (C=O) groups excluding carboxylic acids is 1. The monoisotopic (exact) mass is 413 g/mol. The van der Waals surface area contributed by atoms with Crippen molar-refractivity contribution in [3.63, 3.8) is 0 Å². The SMILES string of the molecule is O=C(c1cc(S(=O)(=O)NCCc2ccn(-c3ccccc3)n2)c[nH]1)N1CCCC1. The lowest BCUT2D eigenvalue weighted by Gasteiger charge is -2.13. The Bertz CT molecular complexity index is 1080. The van der Waals surface area contributed by atoms with Crippen LogP contribution in [-0.4, -0.2) is 53.6 Å². The lowest BCUT2D eigenvalue weighted by atomic mass is 10.3. The third-order valence-electron chi connectivity index (χ3n) is 4.93. The second kappa shape index (κ2) is 8.22. The number of nitrogens with one attached hydrogen (secondary N) is 2. The normalized spacial score (nSPS) is 14.4.